The van der Waals surface area contributed by atoms with Crippen LogP contribution in [0.25, 0.3) is 0 Å². The van der Waals surface area contributed by atoms with Crippen LogP contribution in [-0.2, 0) is 4.79 Å². The van der Waals surface area contributed by atoms with Crippen LogP contribution >= 0.6 is 0 Å². The lowest BCUT2D eigenvalue weighted by atomic mass is 10.1. The molecule has 0 heterocycles. The molecule has 0 aromatic heterocycles. The van der Waals surface area contributed by atoms with Gasteiger partial charge in [-0.05, 0) is 25.3 Å². The van der Waals surface area contributed by atoms with Crippen LogP contribution in [0.4, 0.5) is 0 Å². The van der Waals surface area contributed by atoms with E-state index in [9.17, 15) is 4.79 Å². The molecule has 3 nitrogen and oxygen atoms in total. The van der Waals surface area contributed by atoms with Gasteiger partial charge in [-0.15, -0.1) is 0 Å². The van der Waals surface area contributed by atoms with Gasteiger partial charge in [-0.1, -0.05) is 6.92 Å². The fourth-order valence-corrected chi connectivity index (χ4v) is 0.729. The molecule has 60 valence electrons. The van der Waals surface area contributed by atoms with E-state index in [1.54, 1.807) is 0 Å². The van der Waals surface area contributed by atoms with Gasteiger partial charge in [0.2, 0.25) is 6.41 Å². The summed E-state index contributed by atoms with van der Waals surface area (Å²) in [6.45, 7) is 3.62. The van der Waals surface area contributed by atoms with Crippen LogP contribution in [0.5, 0.6) is 0 Å². The van der Waals surface area contributed by atoms with E-state index in [2.05, 4.69) is 12.2 Å². The van der Waals surface area contributed by atoms with E-state index in [4.69, 9.17) is 5.73 Å². The number of hydrogen-bond acceptors (Lipinski definition) is 2. The molecule has 3 heteroatoms. The summed E-state index contributed by atoms with van der Waals surface area (Å²) in [7, 11) is 0. The first-order chi connectivity index (χ1) is 4.81. The molecule has 0 aliphatic carbocycles. The molecule has 1 amide bonds. The molecule has 0 fully saturated rings. The number of carbonyl (C=O) groups excluding carboxylic acids is 1. The summed E-state index contributed by atoms with van der Waals surface area (Å²) in [6.07, 6.45) is 2.85. The van der Waals surface area contributed by atoms with Crippen LogP contribution in [0.3, 0.4) is 0 Å². The Kier molecular flexibility index (Phi) is 6.18. The van der Waals surface area contributed by atoms with Crippen LogP contribution in [0, 0.1) is 5.92 Å². The summed E-state index contributed by atoms with van der Waals surface area (Å²) in [5.74, 6) is 0.577. The van der Waals surface area contributed by atoms with Gasteiger partial charge in [0.05, 0.1) is 0 Å². The topological polar surface area (TPSA) is 55.1 Å². The fourth-order valence-electron chi connectivity index (χ4n) is 0.729. The van der Waals surface area contributed by atoms with E-state index < -0.39 is 0 Å². The predicted molar refractivity (Wildman–Crippen MR) is 41.5 cm³/mol. The van der Waals surface area contributed by atoms with Crippen molar-refractivity contribution in [3.05, 3.63) is 0 Å². The average Bonchev–Trinajstić information content (AvgIpc) is 1.98. The van der Waals surface area contributed by atoms with E-state index >= 15 is 0 Å². The largest absolute Gasteiger partial charge is 0.359 e. The summed E-state index contributed by atoms with van der Waals surface area (Å²) < 4.78 is 0. The third-order valence-electron chi connectivity index (χ3n) is 1.50. The van der Waals surface area contributed by atoms with Crippen LogP contribution in [0.2, 0.25) is 0 Å². The van der Waals surface area contributed by atoms with Gasteiger partial charge in [0.25, 0.3) is 0 Å². The summed E-state index contributed by atoms with van der Waals surface area (Å²) in [6, 6.07) is 0. The number of hydrogen-bond donors (Lipinski definition) is 2. The highest BCUT2D eigenvalue weighted by molar-refractivity contribution is 5.45. The zero-order chi connectivity index (χ0) is 7.82. The molecule has 0 saturated carbocycles. The zero-order valence-corrected chi connectivity index (χ0v) is 6.47. The van der Waals surface area contributed by atoms with Gasteiger partial charge >= 0.3 is 0 Å². The Balaban J connectivity index is 2.95. The Morgan fingerprint density at radius 3 is 2.90 bits per heavy atom. The van der Waals surface area contributed by atoms with Gasteiger partial charge in [0, 0.05) is 6.54 Å². The minimum atomic E-state index is 0.577. The van der Waals surface area contributed by atoms with Gasteiger partial charge in [0.1, 0.15) is 0 Å². The highest BCUT2D eigenvalue weighted by Crippen LogP contribution is 2.00. The molecular formula is C7H16N2O. The molecular weight excluding hydrogens is 128 g/mol. The lowest BCUT2D eigenvalue weighted by molar-refractivity contribution is -0.109. The van der Waals surface area contributed by atoms with Crippen molar-refractivity contribution in [1.29, 1.82) is 0 Å². The molecule has 3 N–H and O–H groups in total. The van der Waals surface area contributed by atoms with Gasteiger partial charge in [-0.2, -0.15) is 0 Å². The molecule has 0 bridgehead atoms. The van der Waals surface area contributed by atoms with Gasteiger partial charge in [-0.25, -0.2) is 0 Å². The maximum absolute atomic E-state index is 9.78. The lowest BCUT2D eigenvalue weighted by Gasteiger charge is -2.06. The zero-order valence-electron chi connectivity index (χ0n) is 6.47. The van der Waals surface area contributed by atoms with Crippen molar-refractivity contribution in [3.8, 4) is 0 Å². The third kappa shape index (κ3) is 5.56. The Labute approximate surface area is 62.0 Å². The average molecular weight is 144 g/mol. The molecule has 0 aromatic carbocycles. The van der Waals surface area contributed by atoms with Crippen LogP contribution in [0.15, 0.2) is 0 Å². The molecule has 0 saturated heterocycles. The predicted octanol–water partition coefficient (Wildman–Crippen LogP) is 0.107. The second-order valence-electron chi connectivity index (χ2n) is 2.56. The number of rotatable bonds is 6. The minimum absolute atomic E-state index is 0.577. The molecule has 0 aliphatic heterocycles. The Hall–Kier alpha value is -0.570. The fraction of sp³-hybridized carbons (Fsp3) is 0.857. The van der Waals surface area contributed by atoms with Crippen LogP contribution in [0.1, 0.15) is 19.8 Å². The van der Waals surface area contributed by atoms with E-state index in [1.807, 2.05) is 0 Å². The van der Waals surface area contributed by atoms with Crippen molar-refractivity contribution in [2.75, 3.05) is 13.1 Å². The molecule has 1 unspecified atom stereocenters. The summed E-state index contributed by atoms with van der Waals surface area (Å²) in [5, 5.41) is 2.61. The van der Waals surface area contributed by atoms with Crippen LogP contribution in [-0.4, -0.2) is 19.5 Å². The van der Waals surface area contributed by atoms with Crippen molar-refractivity contribution in [1.82, 2.24) is 5.32 Å². The standard InChI is InChI=1S/C7H16N2O/c1-7(5-8)3-2-4-9-6-10/h6-7H,2-5,8H2,1H3,(H,9,10). The van der Waals surface area contributed by atoms with Crippen molar-refractivity contribution in [2.45, 2.75) is 19.8 Å². The molecule has 0 rings (SSSR count). The van der Waals surface area contributed by atoms with Gasteiger partial charge in [-0.3, -0.25) is 4.79 Å². The summed E-state index contributed by atoms with van der Waals surface area (Å²) >= 11 is 0. The van der Waals surface area contributed by atoms with Crippen LogP contribution < -0.4 is 11.1 Å². The highest BCUT2D eigenvalue weighted by atomic mass is 16.1. The molecule has 1 atom stereocenters. The van der Waals surface area contributed by atoms with Gasteiger partial charge < -0.3 is 11.1 Å². The third-order valence-corrected chi connectivity index (χ3v) is 1.50. The van der Waals surface area contributed by atoms with E-state index in [0.29, 0.717) is 5.92 Å². The Morgan fingerprint density at radius 1 is 1.70 bits per heavy atom. The lowest BCUT2D eigenvalue weighted by Crippen LogP contribution is -2.16. The number of nitrogens with two attached hydrogens (primary N) is 1. The van der Waals surface area contributed by atoms with E-state index in [1.165, 1.54) is 0 Å². The maximum Gasteiger partial charge on any atom is 0.207 e. The van der Waals surface area contributed by atoms with Gasteiger partial charge in [0.15, 0.2) is 0 Å². The SMILES string of the molecule is CC(CN)CCCNC=O. The second kappa shape index (κ2) is 6.55. The number of nitrogens with one attached hydrogen (secondary N) is 1. The molecule has 0 radical (unpaired) electrons. The first kappa shape index (κ1) is 9.43. The second-order valence-corrected chi connectivity index (χ2v) is 2.56. The number of amides is 1. The monoisotopic (exact) mass is 144 g/mol. The Bertz CT molecular complexity index is 85.7. The first-order valence-electron chi connectivity index (χ1n) is 3.68. The van der Waals surface area contributed by atoms with E-state index in [-0.39, 0.29) is 0 Å². The highest BCUT2D eigenvalue weighted by Gasteiger charge is 1.96. The Morgan fingerprint density at radius 2 is 2.40 bits per heavy atom. The number of carbonyl (C=O) groups is 1. The van der Waals surface area contributed by atoms with Crippen molar-refractivity contribution in [2.24, 2.45) is 11.7 Å². The van der Waals surface area contributed by atoms with Crippen molar-refractivity contribution < 1.29 is 4.79 Å². The van der Waals surface area contributed by atoms with E-state index in [0.717, 1.165) is 32.3 Å². The van der Waals surface area contributed by atoms with Crippen molar-refractivity contribution in [3.63, 3.8) is 0 Å². The normalized spacial score (nSPS) is 12.6. The van der Waals surface area contributed by atoms with Crippen molar-refractivity contribution >= 4 is 6.41 Å². The molecule has 0 spiro atoms. The summed E-state index contributed by atoms with van der Waals surface area (Å²) in [4.78, 5) is 9.78. The summed E-state index contributed by atoms with van der Waals surface area (Å²) in [5.41, 5.74) is 5.40. The smallest absolute Gasteiger partial charge is 0.207 e. The molecule has 10 heavy (non-hydrogen) atoms. The molecule has 0 aromatic rings. The molecule has 0 aliphatic rings. The minimum Gasteiger partial charge on any atom is -0.359 e. The maximum atomic E-state index is 9.78. The quantitative estimate of drug-likeness (QED) is 0.410. The first-order valence-corrected chi connectivity index (χ1v) is 3.68.